The Balaban J connectivity index is 2.03. The molecule has 0 unspecified atom stereocenters. The Labute approximate surface area is 157 Å². The van der Waals surface area contributed by atoms with Crippen LogP contribution in [0.1, 0.15) is 24.1 Å². The molecular weight excluding hydrogens is 404 g/mol. The molecule has 1 atom stereocenters. The molecule has 0 fully saturated rings. The maximum absolute atomic E-state index is 12.5. The van der Waals surface area contributed by atoms with E-state index in [0.717, 1.165) is 19.9 Å². The Morgan fingerprint density at radius 3 is 2.44 bits per heavy atom. The fraction of sp³-hybridized carbons (Fsp3) is 0.278. The summed E-state index contributed by atoms with van der Waals surface area (Å²) in [7, 11) is -2.29. The minimum atomic E-state index is -3.69. The summed E-state index contributed by atoms with van der Waals surface area (Å²) in [4.78, 5) is 12.4. The van der Waals surface area contributed by atoms with E-state index in [1.807, 2.05) is 38.1 Å². The second-order valence-corrected chi connectivity index (χ2v) is 8.88. The van der Waals surface area contributed by atoms with Gasteiger partial charge in [0.15, 0.2) is 0 Å². The molecule has 2 aromatic carbocycles. The molecule has 0 heterocycles. The third kappa shape index (κ3) is 5.14. The lowest BCUT2D eigenvalue weighted by atomic mass is 10.1. The van der Waals surface area contributed by atoms with Crippen molar-refractivity contribution in [2.24, 2.45) is 0 Å². The molecule has 7 heteroatoms. The SMILES string of the molecule is Cc1ccc(S(=O)(=O)N(C)CC(=O)N[C@H](C)c2cccc(Br)c2)cc1. The van der Waals surface area contributed by atoms with E-state index in [1.165, 1.54) is 7.05 Å². The van der Waals surface area contributed by atoms with Gasteiger partial charge in [-0.15, -0.1) is 0 Å². The Morgan fingerprint density at radius 2 is 1.84 bits per heavy atom. The van der Waals surface area contributed by atoms with Crippen molar-refractivity contribution in [1.29, 1.82) is 0 Å². The standard InChI is InChI=1S/C18H21BrN2O3S/c1-13-7-9-17(10-8-13)25(23,24)21(3)12-18(22)20-14(2)15-5-4-6-16(19)11-15/h4-11,14H,12H2,1-3H3,(H,20,22)/t14-/m1/s1. The molecule has 2 aromatic rings. The lowest BCUT2D eigenvalue weighted by Gasteiger charge is -2.19. The normalized spacial score (nSPS) is 12.8. The van der Waals surface area contributed by atoms with Gasteiger partial charge in [0.05, 0.1) is 17.5 Å². The Morgan fingerprint density at radius 1 is 1.20 bits per heavy atom. The highest BCUT2D eigenvalue weighted by atomic mass is 79.9. The van der Waals surface area contributed by atoms with Crippen molar-refractivity contribution >= 4 is 31.9 Å². The van der Waals surface area contributed by atoms with Crippen molar-refractivity contribution in [3.63, 3.8) is 0 Å². The predicted molar refractivity (Wildman–Crippen MR) is 102 cm³/mol. The number of hydrogen-bond donors (Lipinski definition) is 1. The first-order chi connectivity index (χ1) is 11.7. The van der Waals surface area contributed by atoms with E-state index >= 15 is 0 Å². The topological polar surface area (TPSA) is 66.5 Å². The first-order valence-electron chi connectivity index (χ1n) is 7.78. The Hall–Kier alpha value is -1.70. The summed E-state index contributed by atoms with van der Waals surface area (Å²) < 4.78 is 27.0. The zero-order valence-corrected chi connectivity index (χ0v) is 16.8. The number of sulfonamides is 1. The molecule has 0 aliphatic carbocycles. The predicted octanol–water partition coefficient (Wildman–Crippen LogP) is 3.26. The maximum Gasteiger partial charge on any atom is 0.243 e. The van der Waals surface area contributed by atoms with Crippen molar-refractivity contribution in [2.75, 3.05) is 13.6 Å². The van der Waals surface area contributed by atoms with E-state index in [0.29, 0.717) is 0 Å². The first-order valence-corrected chi connectivity index (χ1v) is 10.0. The van der Waals surface area contributed by atoms with E-state index in [9.17, 15) is 13.2 Å². The van der Waals surface area contributed by atoms with Crippen LogP contribution in [0, 0.1) is 6.92 Å². The number of nitrogens with one attached hydrogen (secondary N) is 1. The number of aryl methyl sites for hydroxylation is 1. The second-order valence-electron chi connectivity index (χ2n) is 5.92. The molecule has 0 aliphatic heterocycles. The van der Waals surface area contributed by atoms with Gasteiger partial charge in [0.1, 0.15) is 0 Å². The lowest BCUT2D eigenvalue weighted by molar-refractivity contribution is -0.121. The number of nitrogens with zero attached hydrogens (tertiary/aromatic N) is 1. The zero-order chi connectivity index (χ0) is 18.6. The summed E-state index contributed by atoms with van der Waals surface area (Å²) in [5.74, 6) is -0.356. The van der Waals surface area contributed by atoms with Gasteiger partial charge in [0, 0.05) is 11.5 Å². The van der Waals surface area contributed by atoms with Gasteiger partial charge in [0.25, 0.3) is 0 Å². The molecule has 0 aliphatic rings. The van der Waals surface area contributed by atoms with Gasteiger partial charge in [-0.25, -0.2) is 8.42 Å². The Bertz CT molecular complexity index is 851. The van der Waals surface area contributed by atoms with E-state index in [2.05, 4.69) is 21.2 Å². The first kappa shape index (κ1) is 19.6. The summed E-state index contributed by atoms with van der Waals surface area (Å²) in [6.07, 6.45) is 0. The number of amides is 1. The fourth-order valence-electron chi connectivity index (χ4n) is 2.32. The van der Waals surface area contributed by atoms with Crippen LogP contribution < -0.4 is 5.32 Å². The van der Waals surface area contributed by atoms with E-state index in [-0.39, 0.29) is 23.4 Å². The van der Waals surface area contributed by atoms with Gasteiger partial charge in [-0.3, -0.25) is 4.79 Å². The quantitative estimate of drug-likeness (QED) is 0.773. The molecule has 1 N–H and O–H groups in total. The minimum Gasteiger partial charge on any atom is -0.348 e. The minimum absolute atomic E-state index is 0.174. The van der Waals surface area contributed by atoms with Crippen LogP contribution in [-0.2, 0) is 14.8 Å². The molecule has 0 bridgehead atoms. The molecule has 0 saturated carbocycles. The van der Waals surface area contributed by atoms with Crippen LogP contribution >= 0.6 is 15.9 Å². The van der Waals surface area contributed by atoms with Gasteiger partial charge in [-0.2, -0.15) is 4.31 Å². The zero-order valence-electron chi connectivity index (χ0n) is 14.4. The van der Waals surface area contributed by atoms with Gasteiger partial charge in [-0.1, -0.05) is 45.8 Å². The number of benzene rings is 2. The largest absolute Gasteiger partial charge is 0.348 e. The van der Waals surface area contributed by atoms with Crippen LogP contribution in [0.3, 0.4) is 0 Å². The number of carbonyl (C=O) groups excluding carboxylic acids is 1. The van der Waals surface area contributed by atoms with E-state index in [1.54, 1.807) is 24.3 Å². The monoisotopic (exact) mass is 424 g/mol. The molecule has 0 aromatic heterocycles. The summed E-state index contributed by atoms with van der Waals surface area (Å²) in [5, 5.41) is 2.82. The highest BCUT2D eigenvalue weighted by Gasteiger charge is 2.23. The smallest absolute Gasteiger partial charge is 0.243 e. The maximum atomic E-state index is 12.5. The van der Waals surface area contributed by atoms with Gasteiger partial charge in [-0.05, 0) is 43.7 Å². The number of hydrogen-bond acceptors (Lipinski definition) is 3. The molecule has 0 saturated heterocycles. The van der Waals surface area contributed by atoms with Crippen molar-refractivity contribution in [1.82, 2.24) is 9.62 Å². The molecule has 25 heavy (non-hydrogen) atoms. The van der Waals surface area contributed by atoms with Crippen LogP contribution in [0.5, 0.6) is 0 Å². The van der Waals surface area contributed by atoms with Crippen molar-refractivity contribution < 1.29 is 13.2 Å². The summed E-state index contributed by atoms with van der Waals surface area (Å²) in [6, 6.07) is 13.9. The molecule has 1 amide bonds. The van der Waals surface area contributed by atoms with Crippen molar-refractivity contribution in [3.05, 3.63) is 64.1 Å². The number of rotatable bonds is 6. The van der Waals surface area contributed by atoms with Crippen LogP contribution in [0.15, 0.2) is 57.9 Å². The average molecular weight is 425 g/mol. The third-order valence-electron chi connectivity index (χ3n) is 3.82. The molecular formula is C18H21BrN2O3S. The Kier molecular flexibility index (Phi) is 6.37. The summed E-state index contributed by atoms with van der Waals surface area (Å²) in [6.45, 7) is 3.50. The van der Waals surface area contributed by atoms with Gasteiger partial charge < -0.3 is 5.32 Å². The number of halogens is 1. The third-order valence-corrected chi connectivity index (χ3v) is 6.13. The van der Waals surface area contributed by atoms with Gasteiger partial charge in [0.2, 0.25) is 15.9 Å². The van der Waals surface area contributed by atoms with Crippen LogP contribution in [0.2, 0.25) is 0 Å². The van der Waals surface area contributed by atoms with E-state index in [4.69, 9.17) is 0 Å². The molecule has 0 radical (unpaired) electrons. The van der Waals surface area contributed by atoms with E-state index < -0.39 is 10.0 Å². The summed E-state index contributed by atoms with van der Waals surface area (Å²) in [5.41, 5.74) is 1.91. The second kappa shape index (κ2) is 8.12. The molecule has 2 rings (SSSR count). The van der Waals surface area contributed by atoms with Gasteiger partial charge >= 0.3 is 0 Å². The van der Waals surface area contributed by atoms with Crippen molar-refractivity contribution in [2.45, 2.75) is 24.8 Å². The number of carbonyl (C=O) groups is 1. The fourth-order valence-corrected chi connectivity index (χ4v) is 3.87. The average Bonchev–Trinajstić information content (AvgIpc) is 2.55. The molecule has 5 nitrogen and oxygen atoms in total. The van der Waals surface area contributed by atoms with Crippen LogP contribution in [-0.4, -0.2) is 32.2 Å². The van der Waals surface area contributed by atoms with Crippen molar-refractivity contribution in [3.8, 4) is 0 Å². The molecule has 0 spiro atoms. The molecule has 134 valence electrons. The lowest BCUT2D eigenvalue weighted by Crippen LogP contribution is -2.39. The highest BCUT2D eigenvalue weighted by Crippen LogP contribution is 2.18. The summed E-state index contributed by atoms with van der Waals surface area (Å²) >= 11 is 3.39. The van der Waals surface area contributed by atoms with Crippen LogP contribution in [0.4, 0.5) is 0 Å². The van der Waals surface area contributed by atoms with Crippen LogP contribution in [0.25, 0.3) is 0 Å². The highest BCUT2D eigenvalue weighted by molar-refractivity contribution is 9.10. The number of likely N-dealkylation sites (N-methyl/N-ethyl adjacent to an activating group) is 1.